The second kappa shape index (κ2) is 20.3. The molecule has 10 heteroatoms. The fourth-order valence-electron chi connectivity index (χ4n) is 3.01. The Labute approximate surface area is 187 Å². The van der Waals surface area contributed by atoms with Gasteiger partial charge in [0.15, 0.2) is 0 Å². The standard InChI is InChI=1S/C12H24N2O.C8H17NO4.CH3NO/c1-9-7-6-8-14(9)11(15)10(13-5)12(2,3)4;9-1-3-11-5-7-13-8-6-12-4-2-10;2-1-3/h9-10,13H,6-8H2,1-5H3;2H,1,3-9H2;1H,(H2,2,3). The highest BCUT2D eigenvalue weighted by molar-refractivity contribution is 5.83. The van der Waals surface area contributed by atoms with Crippen LogP contribution in [0.25, 0.3) is 0 Å². The molecule has 0 aliphatic carbocycles. The lowest BCUT2D eigenvalue weighted by atomic mass is 9.86. The number of carbonyl (C=O) groups excluding carboxylic acids is 3. The van der Waals surface area contributed by atoms with Crippen molar-refractivity contribution in [3.63, 3.8) is 0 Å². The first-order valence-electron chi connectivity index (χ1n) is 10.7. The minimum Gasteiger partial charge on any atom is -0.378 e. The number of nitrogens with zero attached hydrogens (tertiary/aromatic N) is 1. The van der Waals surface area contributed by atoms with Gasteiger partial charge in [-0.3, -0.25) is 9.59 Å². The smallest absolute Gasteiger partial charge is 0.240 e. The number of aldehydes is 1. The third-order valence-corrected chi connectivity index (χ3v) is 4.43. The second-order valence-corrected chi connectivity index (χ2v) is 8.00. The fourth-order valence-corrected chi connectivity index (χ4v) is 3.01. The lowest BCUT2D eigenvalue weighted by molar-refractivity contribution is -0.136. The summed E-state index contributed by atoms with van der Waals surface area (Å²) < 4.78 is 15.0. The van der Waals surface area contributed by atoms with Crippen LogP contribution >= 0.6 is 0 Å². The summed E-state index contributed by atoms with van der Waals surface area (Å²) in [5.41, 5.74) is 9.35. The van der Waals surface area contributed by atoms with Crippen LogP contribution in [0, 0.1) is 5.41 Å². The number of likely N-dealkylation sites (tertiary alicyclic amines) is 1. The number of ether oxygens (including phenoxy) is 3. The summed E-state index contributed by atoms with van der Waals surface area (Å²) in [7, 11) is 1.87. The molecule has 0 aromatic heterocycles. The first-order chi connectivity index (χ1) is 14.7. The van der Waals surface area contributed by atoms with Gasteiger partial charge in [0.05, 0.1) is 39.1 Å². The number of rotatable bonds is 12. The number of hydrogen-bond donors (Lipinski definition) is 3. The Morgan fingerprint density at radius 2 is 1.65 bits per heavy atom. The molecule has 0 radical (unpaired) electrons. The van der Waals surface area contributed by atoms with E-state index in [4.69, 9.17) is 24.7 Å². The van der Waals surface area contributed by atoms with Gasteiger partial charge in [-0.05, 0) is 32.2 Å². The van der Waals surface area contributed by atoms with Gasteiger partial charge in [-0.15, -0.1) is 0 Å². The molecular weight excluding hydrogens is 404 g/mol. The molecule has 2 unspecified atom stereocenters. The van der Waals surface area contributed by atoms with E-state index < -0.39 is 0 Å². The monoisotopic (exact) mass is 448 g/mol. The minimum absolute atomic E-state index is 0.0197. The third kappa shape index (κ3) is 16.7. The first-order valence-corrected chi connectivity index (χ1v) is 10.7. The Hall–Kier alpha value is -1.59. The molecule has 0 saturated carbocycles. The number of likely N-dealkylation sites (N-methyl/N-ethyl adjacent to an activating group) is 1. The maximum atomic E-state index is 12.3. The highest BCUT2D eigenvalue weighted by atomic mass is 16.5. The van der Waals surface area contributed by atoms with E-state index >= 15 is 0 Å². The zero-order valence-electron chi connectivity index (χ0n) is 19.9. The van der Waals surface area contributed by atoms with E-state index in [0.29, 0.717) is 51.9 Å². The molecule has 2 atom stereocenters. The highest BCUT2D eigenvalue weighted by Gasteiger charge is 2.36. The summed E-state index contributed by atoms with van der Waals surface area (Å²) in [6.45, 7) is 12.6. The Bertz CT molecular complexity index is 460. The van der Waals surface area contributed by atoms with Crippen molar-refractivity contribution in [3.05, 3.63) is 0 Å². The van der Waals surface area contributed by atoms with Crippen LogP contribution in [0.3, 0.4) is 0 Å². The van der Waals surface area contributed by atoms with E-state index in [0.717, 1.165) is 19.4 Å². The van der Waals surface area contributed by atoms with Gasteiger partial charge in [0.1, 0.15) is 12.9 Å². The van der Waals surface area contributed by atoms with Crippen LogP contribution in [0.5, 0.6) is 0 Å². The van der Waals surface area contributed by atoms with E-state index in [9.17, 15) is 9.59 Å². The lowest BCUT2D eigenvalue weighted by Gasteiger charge is -2.34. The highest BCUT2D eigenvalue weighted by Crippen LogP contribution is 2.24. The topological polar surface area (TPSA) is 146 Å². The molecule has 1 heterocycles. The number of hydrogen-bond acceptors (Lipinski definition) is 8. The number of amides is 2. The zero-order chi connectivity index (χ0) is 24.1. The SMILES string of the molecule is CNC(C(=O)N1CCCC1C)C(C)(C)C.NC=O.NCCOCCOCCOCC=O. The van der Waals surface area contributed by atoms with Crippen molar-refractivity contribution in [3.8, 4) is 0 Å². The largest absolute Gasteiger partial charge is 0.378 e. The van der Waals surface area contributed by atoms with Crippen LogP contribution in [0.4, 0.5) is 0 Å². The van der Waals surface area contributed by atoms with Gasteiger partial charge >= 0.3 is 0 Å². The summed E-state index contributed by atoms with van der Waals surface area (Å²) in [6.07, 6.45) is 3.25. The van der Waals surface area contributed by atoms with Crippen molar-refractivity contribution in [2.45, 2.75) is 52.6 Å². The van der Waals surface area contributed by atoms with Crippen LogP contribution < -0.4 is 16.8 Å². The second-order valence-electron chi connectivity index (χ2n) is 8.00. The van der Waals surface area contributed by atoms with E-state index in [-0.39, 0.29) is 30.4 Å². The lowest BCUT2D eigenvalue weighted by Crippen LogP contribution is -2.52. The molecule has 0 spiro atoms. The molecule has 0 bridgehead atoms. The maximum absolute atomic E-state index is 12.3. The molecule has 0 aromatic carbocycles. The quantitative estimate of drug-likeness (QED) is 0.278. The van der Waals surface area contributed by atoms with Crippen LogP contribution in [0.1, 0.15) is 40.5 Å². The van der Waals surface area contributed by atoms with Crippen molar-refractivity contribution in [2.75, 3.05) is 59.8 Å². The van der Waals surface area contributed by atoms with E-state index in [2.05, 4.69) is 38.7 Å². The molecule has 0 aromatic rings. The third-order valence-electron chi connectivity index (χ3n) is 4.43. The van der Waals surface area contributed by atoms with Gasteiger partial charge in [-0.2, -0.15) is 0 Å². The molecule has 5 N–H and O–H groups in total. The number of primary amides is 1. The van der Waals surface area contributed by atoms with Crippen molar-refractivity contribution in [1.29, 1.82) is 0 Å². The van der Waals surface area contributed by atoms with Gasteiger partial charge in [0, 0.05) is 19.1 Å². The molecule has 1 aliphatic rings. The van der Waals surface area contributed by atoms with Crippen molar-refractivity contribution >= 4 is 18.6 Å². The molecule has 1 aliphatic heterocycles. The molecule has 31 heavy (non-hydrogen) atoms. The van der Waals surface area contributed by atoms with Crippen LogP contribution in [0.2, 0.25) is 0 Å². The molecule has 1 saturated heterocycles. The summed E-state index contributed by atoms with van der Waals surface area (Å²) in [6, 6.07) is 0.341. The predicted molar refractivity (Wildman–Crippen MR) is 121 cm³/mol. The van der Waals surface area contributed by atoms with Gasteiger partial charge < -0.3 is 40.7 Å². The zero-order valence-corrected chi connectivity index (χ0v) is 19.9. The first kappa shape index (κ1) is 31.6. The molecule has 10 nitrogen and oxygen atoms in total. The van der Waals surface area contributed by atoms with Crippen molar-refractivity contribution in [1.82, 2.24) is 10.2 Å². The Balaban J connectivity index is 0. The summed E-state index contributed by atoms with van der Waals surface area (Å²) in [5.74, 6) is 0.259. The van der Waals surface area contributed by atoms with E-state index in [1.807, 2.05) is 11.9 Å². The van der Waals surface area contributed by atoms with Gasteiger partial charge in [-0.1, -0.05) is 20.8 Å². The Morgan fingerprint density at radius 1 is 1.13 bits per heavy atom. The molecule has 184 valence electrons. The Morgan fingerprint density at radius 3 is 2.03 bits per heavy atom. The van der Waals surface area contributed by atoms with Crippen LogP contribution in [-0.2, 0) is 28.6 Å². The summed E-state index contributed by atoms with van der Waals surface area (Å²) >= 11 is 0. The van der Waals surface area contributed by atoms with E-state index in [1.165, 1.54) is 0 Å². The molecule has 2 amide bonds. The summed E-state index contributed by atoms with van der Waals surface area (Å²) in [5, 5.41) is 3.15. The van der Waals surface area contributed by atoms with Gasteiger partial charge in [0.2, 0.25) is 12.3 Å². The molecule has 1 fully saturated rings. The molecule has 1 rings (SSSR count). The van der Waals surface area contributed by atoms with Gasteiger partial charge in [-0.25, -0.2) is 0 Å². The normalized spacial score (nSPS) is 16.5. The average Bonchev–Trinajstić information content (AvgIpc) is 3.13. The van der Waals surface area contributed by atoms with Crippen LogP contribution in [-0.4, -0.2) is 95.4 Å². The van der Waals surface area contributed by atoms with E-state index in [1.54, 1.807) is 0 Å². The average molecular weight is 449 g/mol. The number of nitrogens with one attached hydrogen (secondary N) is 1. The van der Waals surface area contributed by atoms with Crippen molar-refractivity contribution in [2.24, 2.45) is 16.9 Å². The van der Waals surface area contributed by atoms with Gasteiger partial charge in [0.25, 0.3) is 0 Å². The number of carbonyl (C=O) groups is 3. The van der Waals surface area contributed by atoms with Crippen molar-refractivity contribution < 1.29 is 28.6 Å². The van der Waals surface area contributed by atoms with Crippen LogP contribution in [0.15, 0.2) is 0 Å². The summed E-state index contributed by atoms with van der Waals surface area (Å²) in [4.78, 5) is 32.7. The number of nitrogens with two attached hydrogens (primary N) is 2. The predicted octanol–water partition coefficient (Wildman–Crippen LogP) is -0.0733. The fraction of sp³-hybridized carbons (Fsp3) is 0.857. The Kier molecular flexibility index (Phi) is 20.7. The maximum Gasteiger partial charge on any atom is 0.240 e. The molecular formula is C21H44N4O6. The minimum atomic E-state index is -0.0713.